The van der Waals surface area contributed by atoms with Crippen LogP contribution in [-0.4, -0.2) is 55.2 Å². The summed E-state index contributed by atoms with van der Waals surface area (Å²) < 4.78 is 0. The number of aliphatic carboxylic acids is 1. The third-order valence-electron chi connectivity index (χ3n) is 4.21. The molecule has 2 unspecified atom stereocenters. The molecule has 1 rings (SSSR count). The Bertz CT molecular complexity index is 349. The Hall–Kier alpha value is -1.30. The highest BCUT2D eigenvalue weighted by molar-refractivity contribution is 5.77. The number of rotatable bonds is 6. The first-order valence-corrected chi connectivity index (χ1v) is 7.31. The van der Waals surface area contributed by atoms with E-state index >= 15 is 0 Å². The minimum Gasteiger partial charge on any atom is -0.481 e. The van der Waals surface area contributed by atoms with Gasteiger partial charge in [-0.3, -0.25) is 4.79 Å². The molecule has 0 aromatic heterocycles. The molecule has 0 bridgehead atoms. The summed E-state index contributed by atoms with van der Waals surface area (Å²) in [4.78, 5) is 25.1. The zero-order valence-electron chi connectivity index (χ0n) is 12.7. The van der Waals surface area contributed by atoms with Gasteiger partial charge in [-0.05, 0) is 45.7 Å². The van der Waals surface area contributed by atoms with Crippen molar-refractivity contribution in [2.75, 3.05) is 33.2 Å². The van der Waals surface area contributed by atoms with Gasteiger partial charge in [-0.25, -0.2) is 4.79 Å². The highest BCUT2D eigenvalue weighted by Crippen LogP contribution is 2.19. The smallest absolute Gasteiger partial charge is 0.314 e. The van der Waals surface area contributed by atoms with Gasteiger partial charge in [0, 0.05) is 19.6 Å². The minimum atomic E-state index is -0.900. The first kappa shape index (κ1) is 16.8. The fourth-order valence-electron chi connectivity index (χ4n) is 2.37. The largest absolute Gasteiger partial charge is 0.481 e. The van der Waals surface area contributed by atoms with Gasteiger partial charge in [0.2, 0.25) is 0 Å². The Morgan fingerprint density at radius 3 is 2.65 bits per heavy atom. The lowest BCUT2D eigenvalue weighted by Gasteiger charge is -2.30. The number of likely N-dealkylation sites (tertiary alicyclic amines) is 1. The lowest BCUT2D eigenvalue weighted by molar-refractivity contribution is -0.147. The van der Waals surface area contributed by atoms with Crippen molar-refractivity contribution < 1.29 is 14.7 Å². The molecule has 0 saturated carbocycles. The quantitative estimate of drug-likeness (QED) is 0.683. The van der Waals surface area contributed by atoms with Crippen LogP contribution in [0.25, 0.3) is 0 Å². The standard InChI is InChI=1S/C14H27N3O3/c1-4-14(2,12(18)19)10-16-13(20)15-8-11-6-5-7-17(3)9-11/h11H,4-10H2,1-3H3,(H,18,19)(H2,15,16,20). The Morgan fingerprint density at radius 1 is 1.40 bits per heavy atom. The van der Waals surface area contributed by atoms with Gasteiger partial charge in [0.25, 0.3) is 0 Å². The molecule has 0 aromatic rings. The predicted molar refractivity (Wildman–Crippen MR) is 77.7 cm³/mol. The van der Waals surface area contributed by atoms with Crippen LogP contribution in [0.4, 0.5) is 4.79 Å². The fourth-order valence-corrected chi connectivity index (χ4v) is 2.37. The molecular weight excluding hydrogens is 258 g/mol. The van der Waals surface area contributed by atoms with Gasteiger partial charge >= 0.3 is 12.0 Å². The van der Waals surface area contributed by atoms with E-state index in [1.165, 1.54) is 0 Å². The molecule has 6 heteroatoms. The highest BCUT2D eigenvalue weighted by Gasteiger charge is 2.31. The molecule has 20 heavy (non-hydrogen) atoms. The number of carbonyl (C=O) groups is 2. The molecule has 6 nitrogen and oxygen atoms in total. The molecule has 1 heterocycles. The lowest BCUT2D eigenvalue weighted by atomic mass is 9.88. The SMILES string of the molecule is CCC(C)(CNC(=O)NCC1CCCN(C)C1)C(=O)O. The van der Waals surface area contributed by atoms with Crippen LogP contribution in [0.3, 0.4) is 0 Å². The van der Waals surface area contributed by atoms with Crippen molar-refractivity contribution in [1.82, 2.24) is 15.5 Å². The summed E-state index contributed by atoms with van der Waals surface area (Å²) in [5.74, 6) is -0.397. The fraction of sp³-hybridized carbons (Fsp3) is 0.857. The number of urea groups is 1. The third kappa shape index (κ3) is 5.00. The summed E-state index contributed by atoms with van der Waals surface area (Å²) in [6.45, 7) is 6.37. The number of carbonyl (C=O) groups excluding carboxylic acids is 1. The van der Waals surface area contributed by atoms with Crippen LogP contribution in [0.15, 0.2) is 0 Å². The maximum absolute atomic E-state index is 11.7. The molecule has 1 aliphatic heterocycles. The molecule has 0 aliphatic carbocycles. The van der Waals surface area contributed by atoms with Gasteiger partial charge in [-0.15, -0.1) is 0 Å². The van der Waals surface area contributed by atoms with E-state index < -0.39 is 11.4 Å². The highest BCUT2D eigenvalue weighted by atomic mass is 16.4. The molecular formula is C14H27N3O3. The summed E-state index contributed by atoms with van der Waals surface area (Å²) in [6.07, 6.45) is 2.78. The van der Waals surface area contributed by atoms with E-state index in [4.69, 9.17) is 5.11 Å². The average Bonchev–Trinajstić information content (AvgIpc) is 2.42. The number of hydrogen-bond acceptors (Lipinski definition) is 3. The van der Waals surface area contributed by atoms with E-state index in [2.05, 4.69) is 22.6 Å². The molecule has 0 radical (unpaired) electrons. The van der Waals surface area contributed by atoms with Crippen molar-refractivity contribution in [3.63, 3.8) is 0 Å². The van der Waals surface area contributed by atoms with Crippen LogP contribution in [0.2, 0.25) is 0 Å². The van der Waals surface area contributed by atoms with Gasteiger partial charge in [0.05, 0.1) is 5.41 Å². The number of hydrogen-bond donors (Lipinski definition) is 3. The van der Waals surface area contributed by atoms with E-state index in [-0.39, 0.29) is 12.6 Å². The number of amides is 2. The van der Waals surface area contributed by atoms with Gasteiger partial charge in [-0.2, -0.15) is 0 Å². The number of carboxylic acids is 1. The number of nitrogens with one attached hydrogen (secondary N) is 2. The van der Waals surface area contributed by atoms with Gasteiger partial charge < -0.3 is 20.6 Å². The summed E-state index contributed by atoms with van der Waals surface area (Å²) in [6, 6.07) is -0.279. The lowest BCUT2D eigenvalue weighted by Crippen LogP contribution is -2.46. The van der Waals surface area contributed by atoms with Gasteiger partial charge in [-0.1, -0.05) is 6.92 Å². The number of carboxylic acid groups (broad SMARTS) is 1. The van der Waals surface area contributed by atoms with Crippen molar-refractivity contribution in [3.8, 4) is 0 Å². The van der Waals surface area contributed by atoms with E-state index in [1.807, 2.05) is 6.92 Å². The Balaban J connectivity index is 2.28. The third-order valence-corrected chi connectivity index (χ3v) is 4.21. The Morgan fingerprint density at radius 2 is 2.10 bits per heavy atom. The maximum atomic E-state index is 11.7. The zero-order chi connectivity index (χ0) is 15.2. The second-order valence-corrected chi connectivity index (χ2v) is 6.05. The van der Waals surface area contributed by atoms with E-state index in [9.17, 15) is 9.59 Å². The van der Waals surface area contributed by atoms with Gasteiger partial charge in [0.15, 0.2) is 0 Å². The number of nitrogens with zero attached hydrogens (tertiary/aromatic N) is 1. The van der Waals surface area contributed by atoms with E-state index in [1.54, 1.807) is 6.92 Å². The zero-order valence-corrected chi connectivity index (χ0v) is 12.7. The number of piperidine rings is 1. The topological polar surface area (TPSA) is 81.7 Å². The van der Waals surface area contributed by atoms with Crippen LogP contribution in [0.5, 0.6) is 0 Å². The molecule has 1 saturated heterocycles. The molecule has 0 spiro atoms. The first-order chi connectivity index (χ1) is 9.37. The van der Waals surface area contributed by atoms with Crippen LogP contribution in [-0.2, 0) is 4.79 Å². The molecule has 116 valence electrons. The van der Waals surface area contributed by atoms with Crippen LogP contribution in [0, 0.1) is 11.3 Å². The molecule has 1 aliphatic rings. The molecule has 3 N–H and O–H groups in total. The predicted octanol–water partition coefficient (Wildman–Crippen LogP) is 1.13. The monoisotopic (exact) mass is 285 g/mol. The van der Waals surface area contributed by atoms with E-state index in [0.29, 0.717) is 18.9 Å². The van der Waals surface area contributed by atoms with Crippen molar-refractivity contribution in [3.05, 3.63) is 0 Å². The summed E-state index contributed by atoms with van der Waals surface area (Å²) in [5, 5.41) is 14.6. The minimum absolute atomic E-state index is 0.148. The second-order valence-electron chi connectivity index (χ2n) is 6.05. The van der Waals surface area contributed by atoms with Crippen molar-refractivity contribution >= 4 is 12.0 Å². The summed E-state index contributed by atoms with van der Waals surface area (Å²) >= 11 is 0. The molecule has 0 aromatic carbocycles. The second kappa shape index (κ2) is 7.47. The average molecular weight is 285 g/mol. The Labute approximate surface area is 120 Å². The first-order valence-electron chi connectivity index (χ1n) is 7.31. The Kier molecular flexibility index (Phi) is 6.26. The normalized spacial score (nSPS) is 22.9. The summed E-state index contributed by atoms with van der Waals surface area (Å²) in [7, 11) is 2.09. The van der Waals surface area contributed by atoms with Crippen LogP contribution in [0.1, 0.15) is 33.1 Å². The van der Waals surface area contributed by atoms with Crippen LogP contribution < -0.4 is 10.6 Å². The van der Waals surface area contributed by atoms with E-state index in [0.717, 1.165) is 25.9 Å². The maximum Gasteiger partial charge on any atom is 0.314 e. The molecule has 2 atom stereocenters. The van der Waals surface area contributed by atoms with Crippen molar-refractivity contribution in [2.24, 2.45) is 11.3 Å². The van der Waals surface area contributed by atoms with Crippen LogP contribution >= 0.6 is 0 Å². The van der Waals surface area contributed by atoms with Crippen molar-refractivity contribution in [1.29, 1.82) is 0 Å². The van der Waals surface area contributed by atoms with Crippen molar-refractivity contribution in [2.45, 2.75) is 33.1 Å². The molecule has 2 amide bonds. The molecule has 1 fully saturated rings. The van der Waals surface area contributed by atoms with Gasteiger partial charge in [0.1, 0.15) is 0 Å². The summed E-state index contributed by atoms with van der Waals surface area (Å²) in [5.41, 5.74) is -0.900.